The summed E-state index contributed by atoms with van der Waals surface area (Å²) in [4.78, 5) is 15.8. The molecule has 1 aliphatic rings. The molecular weight excluding hydrogens is 274 g/mol. The van der Waals surface area contributed by atoms with Crippen molar-refractivity contribution in [1.29, 1.82) is 0 Å². The molecule has 0 amide bonds. The van der Waals surface area contributed by atoms with E-state index in [1.54, 1.807) is 0 Å². The largest absolute Gasteiger partial charge is 0.481 e. The SMILES string of the molecule is CCc1cc2cc(CC(=O)O)ccc2nc1C1C=CCCC1. The summed E-state index contributed by atoms with van der Waals surface area (Å²) in [5.41, 5.74) is 4.25. The van der Waals surface area contributed by atoms with E-state index >= 15 is 0 Å². The maximum Gasteiger partial charge on any atom is 0.307 e. The zero-order chi connectivity index (χ0) is 15.5. The van der Waals surface area contributed by atoms with Crippen molar-refractivity contribution >= 4 is 16.9 Å². The molecule has 1 aromatic carbocycles. The molecule has 1 unspecified atom stereocenters. The molecule has 0 radical (unpaired) electrons. The van der Waals surface area contributed by atoms with Crippen molar-refractivity contribution < 1.29 is 9.90 Å². The monoisotopic (exact) mass is 295 g/mol. The van der Waals surface area contributed by atoms with Crippen molar-refractivity contribution in [3.63, 3.8) is 0 Å². The first kappa shape index (κ1) is 14.8. The molecule has 114 valence electrons. The quantitative estimate of drug-likeness (QED) is 0.858. The number of carbonyl (C=O) groups is 1. The molecule has 0 spiro atoms. The predicted molar refractivity (Wildman–Crippen MR) is 88.2 cm³/mol. The second-order valence-electron chi connectivity index (χ2n) is 5.95. The van der Waals surface area contributed by atoms with Gasteiger partial charge in [-0.3, -0.25) is 9.78 Å². The number of carboxylic acid groups (broad SMARTS) is 1. The molecule has 0 saturated heterocycles. The lowest BCUT2D eigenvalue weighted by Gasteiger charge is -2.19. The molecule has 0 bridgehead atoms. The van der Waals surface area contributed by atoms with Crippen molar-refractivity contribution in [1.82, 2.24) is 4.98 Å². The second kappa shape index (κ2) is 6.30. The Bertz CT molecular complexity index is 734. The number of aliphatic carboxylic acids is 1. The Morgan fingerprint density at radius 2 is 2.23 bits per heavy atom. The molecule has 1 atom stereocenters. The summed E-state index contributed by atoms with van der Waals surface area (Å²) in [6.07, 6.45) is 9.12. The van der Waals surface area contributed by atoms with Crippen LogP contribution < -0.4 is 0 Å². The van der Waals surface area contributed by atoms with Crippen LogP contribution in [0, 0.1) is 0 Å². The van der Waals surface area contributed by atoms with Crippen molar-refractivity contribution in [3.8, 4) is 0 Å². The van der Waals surface area contributed by atoms with Crippen LogP contribution in [-0.4, -0.2) is 16.1 Å². The molecule has 3 nitrogen and oxygen atoms in total. The molecule has 1 N–H and O–H groups in total. The van der Waals surface area contributed by atoms with Gasteiger partial charge in [-0.05, 0) is 55.0 Å². The van der Waals surface area contributed by atoms with Crippen LogP contribution in [0.3, 0.4) is 0 Å². The molecule has 3 rings (SSSR count). The van der Waals surface area contributed by atoms with Crippen molar-refractivity contribution in [2.45, 2.75) is 44.9 Å². The van der Waals surface area contributed by atoms with Gasteiger partial charge >= 0.3 is 5.97 Å². The number of hydrogen-bond donors (Lipinski definition) is 1. The van der Waals surface area contributed by atoms with Crippen LogP contribution in [0.4, 0.5) is 0 Å². The smallest absolute Gasteiger partial charge is 0.307 e. The first-order valence-corrected chi connectivity index (χ1v) is 7.98. The van der Waals surface area contributed by atoms with E-state index in [-0.39, 0.29) is 6.42 Å². The molecule has 1 aromatic heterocycles. The van der Waals surface area contributed by atoms with Gasteiger partial charge in [0, 0.05) is 11.3 Å². The minimum Gasteiger partial charge on any atom is -0.481 e. The van der Waals surface area contributed by atoms with Gasteiger partial charge in [-0.1, -0.05) is 25.1 Å². The fourth-order valence-corrected chi connectivity index (χ4v) is 3.21. The van der Waals surface area contributed by atoms with Gasteiger partial charge in [0.25, 0.3) is 0 Å². The number of nitrogens with zero attached hydrogens (tertiary/aromatic N) is 1. The Morgan fingerprint density at radius 3 is 2.91 bits per heavy atom. The van der Waals surface area contributed by atoms with E-state index in [4.69, 9.17) is 10.1 Å². The average molecular weight is 295 g/mol. The predicted octanol–water partition coefficient (Wildman–Crippen LogP) is 4.25. The topological polar surface area (TPSA) is 50.2 Å². The highest BCUT2D eigenvalue weighted by Crippen LogP contribution is 2.31. The first-order chi connectivity index (χ1) is 10.7. The van der Waals surface area contributed by atoms with Gasteiger partial charge in [0.2, 0.25) is 0 Å². The lowest BCUT2D eigenvalue weighted by atomic mass is 9.89. The highest BCUT2D eigenvalue weighted by molar-refractivity contribution is 5.82. The van der Waals surface area contributed by atoms with E-state index in [0.717, 1.165) is 22.9 Å². The Kier molecular flexibility index (Phi) is 4.23. The van der Waals surface area contributed by atoms with Crippen molar-refractivity contribution in [2.75, 3.05) is 0 Å². The third-order valence-electron chi connectivity index (χ3n) is 4.33. The molecule has 22 heavy (non-hydrogen) atoms. The van der Waals surface area contributed by atoms with Crippen LogP contribution in [-0.2, 0) is 17.6 Å². The number of aryl methyl sites for hydroxylation is 1. The van der Waals surface area contributed by atoms with Crippen LogP contribution in [0.2, 0.25) is 0 Å². The summed E-state index contributed by atoms with van der Waals surface area (Å²) in [7, 11) is 0. The molecule has 0 fully saturated rings. The maximum absolute atomic E-state index is 10.9. The summed E-state index contributed by atoms with van der Waals surface area (Å²) in [5.74, 6) is -0.376. The normalized spacial score (nSPS) is 17.8. The third kappa shape index (κ3) is 3.03. The third-order valence-corrected chi connectivity index (χ3v) is 4.33. The zero-order valence-electron chi connectivity index (χ0n) is 12.9. The van der Waals surface area contributed by atoms with Crippen LogP contribution in [0.1, 0.15) is 48.9 Å². The Hall–Kier alpha value is -2.16. The van der Waals surface area contributed by atoms with Crippen LogP contribution in [0.15, 0.2) is 36.4 Å². The van der Waals surface area contributed by atoms with Gasteiger partial charge in [-0.25, -0.2) is 0 Å². The van der Waals surface area contributed by atoms with E-state index in [9.17, 15) is 4.79 Å². The molecule has 0 saturated carbocycles. The van der Waals surface area contributed by atoms with Gasteiger partial charge in [0.1, 0.15) is 0 Å². The summed E-state index contributed by atoms with van der Waals surface area (Å²) in [6.45, 7) is 2.15. The lowest BCUT2D eigenvalue weighted by molar-refractivity contribution is -0.136. The lowest BCUT2D eigenvalue weighted by Crippen LogP contribution is -2.06. The minimum absolute atomic E-state index is 0.0600. The Balaban J connectivity index is 2.05. The van der Waals surface area contributed by atoms with E-state index < -0.39 is 5.97 Å². The van der Waals surface area contributed by atoms with Crippen molar-refractivity contribution in [3.05, 3.63) is 53.2 Å². The maximum atomic E-state index is 10.9. The zero-order valence-corrected chi connectivity index (χ0v) is 12.9. The van der Waals surface area contributed by atoms with E-state index in [0.29, 0.717) is 5.92 Å². The van der Waals surface area contributed by atoms with Crippen LogP contribution in [0.25, 0.3) is 10.9 Å². The number of pyridine rings is 1. The highest BCUT2D eigenvalue weighted by Gasteiger charge is 2.17. The first-order valence-electron chi connectivity index (χ1n) is 7.98. The molecule has 1 heterocycles. The fraction of sp³-hybridized carbons (Fsp3) is 0.368. The molecule has 2 aromatic rings. The van der Waals surface area contributed by atoms with E-state index in [1.165, 1.54) is 30.5 Å². The standard InChI is InChI=1S/C19H21NO2/c1-2-14-12-16-10-13(11-18(21)22)8-9-17(16)20-19(14)15-6-4-3-5-7-15/h4,6,8-10,12,15H,2-3,5,7,11H2,1H3,(H,21,22). The second-order valence-corrected chi connectivity index (χ2v) is 5.95. The number of aromatic nitrogens is 1. The number of fused-ring (bicyclic) bond motifs is 1. The number of hydrogen-bond acceptors (Lipinski definition) is 2. The Labute approximate surface area is 130 Å². The summed E-state index contributed by atoms with van der Waals surface area (Å²) in [5, 5.41) is 9.97. The summed E-state index contributed by atoms with van der Waals surface area (Å²) < 4.78 is 0. The van der Waals surface area contributed by atoms with E-state index in [2.05, 4.69) is 25.1 Å². The van der Waals surface area contributed by atoms with Crippen LogP contribution >= 0.6 is 0 Å². The summed E-state index contributed by atoms with van der Waals surface area (Å²) >= 11 is 0. The number of benzene rings is 1. The highest BCUT2D eigenvalue weighted by atomic mass is 16.4. The summed E-state index contributed by atoms with van der Waals surface area (Å²) in [6, 6.07) is 7.96. The van der Waals surface area contributed by atoms with Gasteiger partial charge in [-0.2, -0.15) is 0 Å². The van der Waals surface area contributed by atoms with E-state index in [1.807, 2.05) is 18.2 Å². The minimum atomic E-state index is -0.799. The Morgan fingerprint density at radius 1 is 1.36 bits per heavy atom. The van der Waals surface area contributed by atoms with Gasteiger partial charge in [0.15, 0.2) is 0 Å². The molecule has 0 aliphatic heterocycles. The molecular formula is C19H21NO2. The van der Waals surface area contributed by atoms with Crippen LogP contribution in [0.5, 0.6) is 0 Å². The number of rotatable bonds is 4. The fourth-order valence-electron chi connectivity index (χ4n) is 3.21. The average Bonchev–Trinajstić information content (AvgIpc) is 2.53. The number of allylic oxidation sites excluding steroid dienone is 2. The van der Waals surface area contributed by atoms with Crippen molar-refractivity contribution in [2.24, 2.45) is 0 Å². The van der Waals surface area contributed by atoms with Gasteiger partial charge in [-0.15, -0.1) is 0 Å². The van der Waals surface area contributed by atoms with Gasteiger partial charge in [0.05, 0.1) is 17.6 Å². The van der Waals surface area contributed by atoms with Gasteiger partial charge < -0.3 is 5.11 Å². The molecule has 3 heteroatoms. The molecule has 1 aliphatic carbocycles. The number of carboxylic acids is 1.